The van der Waals surface area contributed by atoms with Crippen molar-refractivity contribution in [3.8, 4) is 17.6 Å². The van der Waals surface area contributed by atoms with Crippen LogP contribution < -0.4 is 19.3 Å². The lowest BCUT2D eigenvalue weighted by Crippen LogP contribution is -2.09. The lowest BCUT2D eigenvalue weighted by Gasteiger charge is -2.25. The van der Waals surface area contributed by atoms with E-state index in [0.717, 1.165) is 56.8 Å². The summed E-state index contributed by atoms with van der Waals surface area (Å²) in [6, 6.07) is 59.0. The van der Waals surface area contributed by atoms with Gasteiger partial charge in [0.25, 0.3) is 0 Å². The van der Waals surface area contributed by atoms with Gasteiger partial charge in [-0.15, -0.1) is 0 Å². The fourth-order valence-corrected chi connectivity index (χ4v) is 6.57. The van der Waals surface area contributed by atoms with Crippen LogP contribution in [-0.4, -0.2) is 13.7 Å². The smallest absolute Gasteiger partial charge is 0.194 e. The number of hydrogen-bond acceptors (Lipinski definition) is 5. The Morgan fingerprint density at radius 3 is 1.39 bits per heavy atom. The quantitative estimate of drug-likeness (QED) is 0.0870. The molecule has 0 aromatic heterocycles. The number of anilines is 6. The number of nitriles is 1. The molecule has 0 N–H and O–H groups in total. The van der Waals surface area contributed by atoms with Gasteiger partial charge in [0.05, 0.1) is 31.9 Å². The summed E-state index contributed by atoms with van der Waals surface area (Å²) in [5.74, 6) is 1.63. The average molecular weight is 741 g/mol. The van der Waals surface area contributed by atoms with Crippen molar-refractivity contribution in [2.24, 2.45) is 0 Å². The van der Waals surface area contributed by atoms with E-state index in [1.54, 1.807) is 19.2 Å². The second kappa shape index (κ2) is 18.0. The van der Waals surface area contributed by atoms with E-state index in [0.29, 0.717) is 29.0 Å². The van der Waals surface area contributed by atoms with E-state index in [2.05, 4.69) is 93.5 Å². The molecule has 0 atom stereocenters. The lowest BCUT2D eigenvalue weighted by atomic mass is 10.0. The minimum absolute atomic E-state index is 0.473. The molecule has 57 heavy (non-hydrogen) atoms. The van der Waals surface area contributed by atoms with Gasteiger partial charge in [-0.25, -0.2) is 4.85 Å². The molecule has 7 aromatic rings. The average Bonchev–Trinajstić information content (AvgIpc) is 3.27. The van der Waals surface area contributed by atoms with E-state index < -0.39 is 0 Å². The van der Waals surface area contributed by atoms with Gasteiger partial charge in [0, 0.05) is 34.1 Å². The molecule has 276 valence electrons. The monoisotopic (exact) mass is 740 g/mol. The van der Waals surface area contributed by atoms with E-state index in [-0.39, 0.29) is 0 Å². The maximum atomic E-state index is 10.1. The van der Waals surface area contributed by atoms with Crippen molar-refractivity contribution in [2.75, 3.05) is 23.5 Å². The van der Waals surface area contributed by atoms with Crippen molar-refractivity contribution >= 4 is 64.1 Å². The van der Waals surface area contributed by atoms with E-state index >= 15 is 0 Å². The molecule has 0 spiro atoms. The van der Waals surface area contributed by atoms with Gasteiger partial charge in [-0.05, 0) is 138 Å². The molecule has 0 fully saturated rings. The van der Waals surface area contributed by atoms with Crippen LogP contribution in [0.25, 0.3) is 29.1 Å². The molecule has 0 bridgehead atoms. The fourth-order valence-electron chi connectivity index (χ4n) is 6.57. The highest BCUT2D eigenvalue weighted by atomic mass is 16.5. The third-order valence-corrected chi connectivity index (χ3v) is 9.42. The second-order valence-corrected chi connectivity index (χ2v) is 13.0. The second-order valence-electron chi connectivity index (χ2n) is 13.0. The predicted octanol–water partition coefficient (Wildman–Crippen LogP) is 13.8. The maximum Gasteiger partial charge on any atom is 0.194 e. The van der Waals surface area contributed by atoms with Gasteiger partial charge in [-0.2, -0.15) is 5.26 Å². The number of benzene rings is 7. The molecule has 0 radical (unpaired) electrons. The summed E-state index contributed by atoms with van der Waals surface area (Å²) >= 11 is 0. The minimum Gasteiger partial charge on any atom is -0.497 e. The van der Waals surface area contributed by atoms with Crippen molar-refractivity contribution in [3.05, 3.63) is 209 Å². The van der Waals surface area contributed by atoms with Crippen LogP contribution in [0.1, 0.15) is 34.7 Å². The highest BCUT2D eigenvalue weighted by Crippen LogP contribution is 2.37. The van der Waals surface area contributed by atoms with Crippen LogP contribution >= 0.6 is 0 Å². The number of nitrogens with zero attached hydrogens (tertiary/aromatic N) is 4. The highest BCUT2D eigenvalue weighted by molar-refractivity contribution is 5.84. The standard InChI is InChI=1S/C51H40N4O2/c1-4-57-50-33-29-48(30-34-50)55(44-13-9-6-10-14-44)46-23-17-38(18-24-46)15-21-40-36-51(53-2)41(35-42(40)37-52)22-16-39-19-25-45(26-20-39)54(43-11-7-5-8-12-43)47-27-31-49(56-3)32-28-47/h5-36H,4H2,1,3H3/b21-15+,22-16+. The van der Waals surface area contributed by atoms with Crippen LogP contribution in [0.15, 0.2) is 170 Å². The SMILES string of the molecule is [C-]#[N+]c1cc(/C=C/c2ccc(N(c3ccccc3)c3ccc(OCC)cc3)cc2)c(C#N)cc1/C=C/c1ccc(N(c2ccccc2)c2ccc(OC)cc2)cc1. The first-order chi connectivity index (χ1) is 28.1. The number of ether oxygens (including phenoxy) is 2. The van der Waals surface area contributed by atoms with Gasteiger partial charge in [-0.1, -0.05) is 85.0 Å². The van der Waals surface area contributed by atoms with E-state index in [4.69, 9.17) is 16.0 Å². The summed E-state index contributed by atoms with van der Waals surface area (Å²) in [5.41, 5.74) is 10.4. The summed E-state index contributed by atoms with van der Waals surface area (Å²) in [4.78, 5) is 8.20. The van der Waals surface area contributed by atoms with E-state index in [9.17, 15) is 5.26 Å². The van der Waals surface area contributed by atoms with Crippen molar-refractivity contribution < 1.29 is 9.47 Å². The zero-order valence-electron chi connectivity index (χ0n) is 31.8. The number of rotatable bonds is 13. The third-order valence-electron chi connectivity index (χ3n) is 9.42. The first kappa shape index (κ1) is 37.5. The molecule has 6 nitrogen and oxygen atoms in total. The summed E-state index contributed by atoms with van der Waals surface area (Å²) < 4.78 is 11.0. The molecular formula is C51H40N4O2. The largest absolute Gasteiger partial charge is 0.497 e. The van der Waals surface area contributed by atoms with Gasteiger partial charge >= 0.3 is 0 Å². The Kier molecular flexibility index (Phi) is 11.9. The molecule has 0 saturated heterocycles. The lowest BCUT2D eigenvalue weighted by molar-refractivity contribution is 0.340. The Labute approximate surface area is 334 Å². The van der Waals surface area contributed by atoms with Gasteiger partial charge in [0.15, 0.2) is 5.69 Å². The highest BCUT2D eigenvalue weighted by Gasteiger charge is 2.14. The van der Waals surface area contributed by atoms with Gasteiger partial charge in [0.2, 0.25) is 0 Å². The number of hydrogen-bond donors (Lipinski definition) is 0. The summed E-state index contributed by atoms with van der Waals surface area (Å²) in [6.45, 7) is 10.5. The van der Waals surface area contributed by atoms with Gasteiger partial charge in [-0.3, -0.25) is 0 Å². The van der Waals surface area contributed by atoms with Crippen LogP contribution in [0.5, 0.6) is 11.5 Å². The first-order valence-electron chi connectivity index (χ1n) is 18.7. The van der Waals surface area contributed by atoms with Crippen molar-refractivity contribution in [2.45, 2.75) is 6.92 Å². The van der Waals surface area contributed by atoms with Gasteiger partial charge < -0.3 is 19.3 Å². The molecular weight excluding hydrogens is 701 g/mol. The van der Waals surface area contributed by atoms with Gasteiger partial charge in [0.1, 0.15) is 11.5 Å². The van der Waals surface area contributed by atoms with Crippen molar-refractivity contribution in [1.82, 2.24) is 0 Å². The molecule has 6 heteroatoms. The first-order valence-corrected chi connectivity index (χ1v) is 18.7. The van der Waals surface area contributed by atoms with Crippen LogP contribution in [0, 0.1) is 17.9 Å². The van der Waals surface area contributed by atoms with Crippen LogP contribution in [0.3, 0.4) is 0 Å². The van der Waals surface area contributed by atoms with Crippen LogP contribution in [-0.2, 0) is 0 Å². The third kappa shape index (κ3) is 8.95. The number of methoxy groups -OCH3 is 1. The molecule has 0 amide bonds. The Balaban J connectivity index is 1.10. The van der Waals surface area contributed by atoms with E-state index in [1.165, 1.54) is 0 Å². The summed E-state index contributed by atoms with van der Waals surface area (Å²) in [6.07, 6.45) is 7.74. The topological polar surface area (TPSA) is 53.1 Å². The van der Waals surface area contributed by atoms with Crippen LogP contribution in [0.2, 0.25) is 0 Å². The number of para-hydroxylation sites is 2. The molecule has 0 unspecified atom stereocenters. The molecule has 0 aliphatic carbocycles. The minimum atomic E-state index is 0.473. The summed E-state index contributed by atoms with van der Waals surface area (Å²) in [7, 11) is 1.66. The molecule has 0 saturated carbocycles. The molecule has 0 aliphatic rings. The Morgan fingerprint density at radius 2 is 0.965 bits per heavy atom. The Hall–Kier alpha value is -7.80. The van der Waals surface area contributed by atoms with Crippen LogP contribution in [0.4, 0.5) is 39.8 Å². The van der Waals surface area contributed by atoms with E-state index in [1.807, 2.05) is 116 Å². The normalized spacial score (nSPS) is 10.9. The van der Waals surface area contributed by atoms with Crippen molar-refractivity contribution in [3.63, 3.8) is 0 Å². The van der Waals surface area contributed by atoms with Crippen molar-refractivity contribution in [1.29, 1.82) is 5.26 Å². The zero-order chi connectivity index (χ0) is 39.4. The maximum absolute atomic E-state index is 10.1. The predicted molar refractivity (Wildman–Crippen MR) is 235 cm³/mol. The molecule has 7 rings (SSSR count). The molecule has 7 aromatic carbocycles. The molecule has 0 heterocycles. The Morgan fingerprint density at radius 1 is 0.544 bits per heavy atom. The molecule has 0 aliphatic heterocycles. The summed E-state index contributed by atoms with van der Waals surface area (Å²) in [5, 5.41) is 10.1. The zero-order valence-corrected chi connectivity index (χ0v) is 31.8. The fraction of sp³-hybridized carbons (Fsp3) is 0.0588. The Bertz CT molecular complexity index is 2550.